The third kappa shape index (κ3) is 11.5. The van der Waals surface area contributed by atoms with E-state index in [0.29, 0.717) is 38.0 Å². The maximum absolute atomic E-state index is 12.2. The molecule has 0 aromatic heterocycles. The van der Waals surface area contributed by atoms with Gasteiger partial charge in [-0.1, -0.05) is 10.7 Å². The summed E-state index contributed by atoms with van der Waals surface area (Å²) in [6.07, 6.45) is 10.9. The number of nitrogens with two attached hydrogens (primary N) is 1. The van der Waals surface area contributed by atoms with Gasteiger partial charge in [-0.05, 0) is 88.8 Å². The Bertz CT molecular complexity index is 1370. The van der Waals surface area contributed by atoms with E-state index < -0.39 is 52.0 Å². The Labute approximate surface area is 308 Å². The molecule has 0 bridgehead atoms. The number of amides is 5. The van der Waals surface area contributed by atoms with Gasteiger partial charge < -0.3 is 29.8 Å². The molecule has 0 aromatic carbocycles. The van der Waals surface area contributed by atoms with Crippen LogP contribution in [-0.2, 0) is 62.3 Å². The standard InChI is InChI=1S/C16H17N2O8S.C14H19NO3.CH5N.Na.H2O/c19-12-5-6-13(20)17(12)8-9-1-3-10(4-2-9)16(23)26-18-14(21)7-11(15(18)22)27(24)25;1-15-14(18)10-4-2-9(3-5-10)8-11-12(16)6-7-13(11)17;1-2;;/h5-6,9-11H,1-4,7-8H2;6-7,9-11H,2-5,8H2,1H3,(H,15,18);2H2,1H3;;1H2/q-1;;;+1;/p-1. The second-order valence-corrected chi connectivity index (χ2v) is 13.1. The van der Waals surface area contributed by atoms with Crippen LogP contribution in [0, 0.1) is 29.6 Å². The number of hydrogen-bond acceptors (Lipinski definition) is 14. The number of hydroxylamine groups is 2. The maximum atomic E-state index is 12.2. The monoisotopic (exact) mass is 717 g/mol. The Hall–Kier alpha value is -3.09. The van der Waals surface area contributed by atoms with Crippen LogP contribution in [0.15, 0.2) is 24.3 Å². The summed E-state index contributed by atoms with van der Waals surface area (Å²) in [5.41, 5.74) is 4.50. The summed E-state index contributed by atoms with van der Waals surface area (Å²) in [6.45, 7) is 0.284. The fourth-order valence-corrected chi connectivity index (χ4v) is 6.95. The van der Waals surface area contributed by atoms with Crippen LogP contribution in [0.25, 0.3) is 0 Å². The van der Waals surface area contributed by atoms with Gasteiger partial charge in [0, 0.05) is 43.3 Å². The zero-order valence-electron chi connectivity index (χ0n) is 27.9. The summed E-state index contributed by atoms with van der Waals surface area (Å²) >= 11 is 0. The van der Waals surface area contributed by atoms with Crippen molar-refractivity contribution >= 4 is 57.8 Å². The van der Waals surface area contributed by atoms with Gasteiger partial charge in [-0.2, -0.15) is 0 Å². The number of hydrogen-bond donors (Lipinski definition) is 2. The third-order valence-corrected chi connectivity index (χ3v) is 9.96. The summed E-state index contributed by atoms with van der Waals surface area (Å²) in [6, 6.07) is 0. The Morgan fingerprint density at radius 2 is 1.31 bits per heavy atom. The molecule has 49 heavy (non-hydrogen) atoms. The molecule has 0 radical (unpaired) electrons. The van der Waals surface area contributed by atoms with E-state index in [0.717, 1.165) is 30.6 Å². The molecule has 16 nitrogen and oxygen atoms in total. The van der Waals surface area contributed by atoms with Gasteiger partial charge in [0.05, 0.1) is 11.8 Å². The molecule has 266 valence electrons. The number of carbonyl (C=O) groups excluding carboxylic acids is 8. The normalized spacial score (nSPS) is 26.4. The fourth-order valence-electron chi connectivity index (χ4n) is 6.41. The first-order chi connectivity index (χ1) is 22.4. The van der Waals surface area contributed by atoms with Gasteiger partial charge in [0.15, 0.2) is 11.6 Å². The summed E-state index contributed by atoms with van der Waals surface area (Å²) in [5, 5.41) is 1.39. The molecule has 2 heterocycles. The van der Waals surface area contributed by atoms with E-state index in [4.69, 9.17) is 4.84 Å². The van der Waals surface area contributed by atoms with Gasteiger partial charge in [-0.15, -0.1) is 5.06 Å². The van der Waals surface area contributed by atoms with Crippen molar-refractivity contribution in [3.05, 3.63) is 24.3 Å². The van der Waals surface area contributed by atoms with Crippen LogP contribution in [0.2, 0.25) is 0 Å². The molecule has 5 aliphatic rings. The molecule has 3 fully saturated rings. The molecular formula is C31H42N4NaO12S-. The van der Waals surface area contributed by atoms with E-state index in [-0.39, 0.29) is 87.8 Å². The zero-order chi connectivity index (χ0) is 34.8. The van der Waals surface area contributed by atoms with E-state index in [1.807, 2.05) is 0 Å². The van der Waals surface area contributed by atoms with Crippen LogP contribution in [0.1, 0.15) is 64.2 Å². The van der Waals surface area contributed by atoms with E-state index in [2.05, 4.69) is 11.1 Å². The third-order valence-electron chi connectivity index (χ3n) is 9.13. The van der Waals surface area contributed by atoms with Crippen molar-refractivity contribution in [1.29, 1.82) is 0 Å². The topological polar surface area (TPSA) is 254 Å². The zero-order valence-corrected chi connectivity index (χ0v) is 30.7. The number of rotatable bonds is 8. The summed E-state index contributed by atoms with van der Waals surface area (Å²) < 4.78 is 21.8. The first-order valence-corrected chi connectivity index (χ1v) is 16.8. The summed E-state index contributed by atoms with van der Waals surface area (Å²) in [5.74, 6) is -3.77. The molecule has 2 aliphatic heterocycles. The van der Waals surface area contributed by atoms with Crippen molar-refractivity contribution in [2.75, 3.05) is 20.6 Å². The Morgan fingerprint density at radius 3 is 1.78 bits per heavy atom. The quantitative estimate of drug-likeness (QED) is 0.112. The maximum Gasteiger partial charge on any atom is 1.00 e. The smallest absolute Gasteiger partial charge is 0.870 e. The molecule has 0 spiro atoms. The predicted molar refractivity (Wildman–Crippen MR) is 165 cm³/mol. The van der Waals surface area contributed by atoms with Crippen molar-refractivity contribution in [2.45, 2.75) is 69.5 Å². The van der Waals surface area contributed by atoms with Gasteiger partial charge in [-0.3, -0.25) is 38.5 Å². The van der Waals surface area contributed by atoms with Crippen molar-refractivity contribution in [3.8, 4) is 0 Å². The van der Waals surface area contributed by atoms with Gasteiger partial charge in [-0.25, -0.2) is 4.79 Å². The first kappa shape index (κ1) is 43.9. The Kier molecular flexibility index (Phi) is 18.4. The molecule has 5 rings (SSSR count). The molecule has 5 amide bonds. The minimum atomic E-state index is -2.76. The number of allylic oxidation sites excluding steroid dienone is 2. The predicted octanol–water partition coefficient (Wildman–Crippen LogP) is -2.73. The van der Waals surface area contributed by atoms with Crippen LogP contribution in [0.5, 0.6) is 0 Å². The number of ketones is 2. The summed E-state index contributed by atoms with van der Waals surface area (Å²) in [7, 11) is 0.399. The SMILES string of the molecule is CN.CNC(=O)C1CCC(CC2C(=O)C=CC2=O)CC1.O=C(ON1C(=O)CC([S-](=O)=O)C1=O)C1CCC(CN2C(=O)C=CC2=O)CC1.[Na+].[OH-]. The van der Waals surface area contributed by atoms with Gasteiger partial charge in [0.25, 0.3) is 23.6 Å². The van der Waals surface area contributed by atoms with Crippen LogP contribution >= 0.6 is 0 Å². The van der Waals surface area contributed by atoms with E-state index in [9.17, 15) is 46.8 Å². The van der Waals surface area contributed by atoms with E-state index in [1.54, 1.807) is 7.05 Å². The first-order valence-electron chi connectivity index (χ1n) is 15.6. The second-order valence-electron chi connectivity index (χ2n) is 12.0. The number of carbonyl (C=O) groups is 8. The molecule has 2 saturated carbocycles. The Balaban J connectivity index is 0.000000478. The van der Waals surface area contributed by atoms with Crippen LogP contribution in [0.4, 0.5) is 0 Å². The van der Waals surface area contributed by atoms with Crippen molar-refractivity contribution in [1.82, 2.24) is 15.3 Å². The number of imide groups is 2. The minimum Gasteiger partial charge on any atom is -0.870 e. The van der Waals surface area contributed by atoms with Gasteiger partial charge >= 0.3 is 35.5 Å². The van der Waals surface area contributed by atoms with Crippen molar-refractivity contribution in [3.63, 3.8) is 0 Å². The molecule has 1 unspecified atom stereocenters. The molecule has 4 N–H and O–H groups in total. The van der Waals surface area contributed by atoms with Crippen molar-refractivity contribution < 1.29 is 86.6 Å². The average molecular weight is 718 g/mol. The van der Waals surface area contributed by atoms with Crippen LogP contribution in [-0.4, -0.2) is 88.4 Å². The van der Waals surface area contributed by atoms with Gasteiger partial charge in [0.2, 0.25) is 5.91 Å². The number of nitrogens with zero attached hydrogens (tertiary/aromatic N) is 2. The number of nitrogens with one attached hydrogen (secondary N) is 1. The van der Waals surface area contributed by atoms with Crippen LogP contribution in [0.3, 0.4) is 0 Å². The van der Waals surface area contributed by atoms with Crippen LogP contribution < -0.4 is 40.6 Å². The molecule has 18 heteroatoms. The van der Waals surface area contributed by atoms with E-state index in [1.165, 1.54) is 31.4 Å². The molecule has 0 aromatic rings. The largest absolute Gasteiger partial charge is 1.00 e. The average Bonchev–Trinajstić information content (AvgIpc) is 3.67. The molecule has 3 aliphatic carbocycles. The minimum absolute atomic E-state index is 0. The molecule has 1 atom stereocenters. The summed E-state index contributed by atoms with van der Waals surface area (Å²) in [4.78, 5) is 99.5. The second kappa shape index (κ2) is 20.6. The van der Waals surface area contributed by atoms with Gasteiger partial charge in [0.1, 0.15) is 0 Å². The Morgan fingerprint density at radius 1 is 0.816 bits per heavy atom. The van der Waals surface area contributed by atoms with Crippen molar-refractivity contribution in [2.24, 2.45) is 35.3 Å². The molecule has 1 saturated heterocycles. The van der Waals surface area contributed by atoms with E-state index >= 15 is 0 Å². The molecular weight excluding hydrogens is 675 g/mol. The fraction of sp³-hybridized carbons (Fsp3) is 0.613.